The molecule has 0 spiro atoms. The van der Waals surface area contributed by atoms with Crippen molar-refractivity contribution in [3.8, 4) is 16.3 Å². The van der Waals surface area contributed by atoms with Gasteiger partial charge in [-0.3, -0.25) is 4.79 Å². The molecule has 1 N–H and O–H groups in total. The van der Waals surface area contributed by atoms with Crippen molar-refractivity contribution in [2.24, 2.45) is 0 Å². The molecule has 4 rings (SSSR count). The van der Waals surface area contributed by atoms with Crippen LogP contribution in [0, 0.1) is 0 Å². The molecule has 1 aliphatic heterocycles. The number of nitrogens with zero attached hydrogens (tertiary/aromatic N) is 3. The molecule has 1 aromatic carbocycles. The molecule has 3 aromatic rings. The van der Waals surface area contributed by atoms with Crippen LogP contribution in [-0.2, 0) is 4.79 Å². The number of nitrogens with one attached hydrogen (secondary N) is 1. The van der Waals surface area contributed by atoms with Gasteiger partial charge in [-0.15, -0.1) is 11.3 Å². The summed E-state index contributed by atoms with van der Waals surface area (Å²) in [6.07, 6.45) is 5.57. The van der Waals surface area contributed by atoms with Gasteiger partial charge in [0, 0.05) is 17.8 Å². The standard InChI is InChI=1S/C21H22N4OS/c1-23-11-13-24(14-12-23)20(26)10-9-17-16-25(18-6-3-2-4-7-18)22-21(17)19-8-5-15-27-19/h2-10,15-16H,11-14H2,1H3/p+1/b10-9+. The third kappa shape index (κ3) is 4.02. The van der Waals surface area contributed by atoms with Gasteiger partial charge in [0.25, 0.3) is 0 Å². The largest absolute Gasteiger partial charge is 0.334 e. The van der Waals surface area contributed by atoms with Gasteiger partial charge >= 0.3 is 0 Å². The number of amides is 1. The Hall–Kier alpha value is -2.70. The number of thiophene rings is 1. The summed E-state index contributed by atoms with van der Waals surface area (Å²) < 4.78 is 1.87. The minimum absolute atomic E-state index is 0.0760. The lowest BCUT2D eigenvalue weighted by Crippen LogP contribution is -3.12. The number of carbonyl (C=O) groups excluding carboxylic acids is 1. The predicted octanol–water partition coefficient (Wildman–Crippen LogP) is 1.97. The van der Waals surface area contributed by atoms with Crippen molar-refractivity contribution in [3.05, 3.63) is 65.7 Å². The Bertz CT molecular complexity index is 923. The maximum Gasteiger partial charge on any atom is 0.246 e. The minimum Gasteiger partial charge on any atom is -0.334 e. The topological polar surface area (TPSA) is 42.6 Å². The van der Waals surface area contributed by atoms with Crippen LogP contribution in [0.2, 0.25) is 0 Å². The number of para-hydroxylation sites is 1. The molecule has 27 heavy (non-hydrogen) atoms. The number of hydrogen-bond donors (Lipinski definition) is 1. The second kappa shape index (κ2) is 7.90. The molecule has 138 valence electrons. The molecule has 0 radical (unpaired) electrons. The number of benzene rings is 1. The fraction of sp³-hybridized carbons (Fsp3) is 0.238. The molecule has 0 atom stereocenters. The Morgan fingerprint density at radius 1 is 1.15 bits per heavy atom. The lowest BCUT2D eigenvalue weighted by atomic mass is 10.2. The van der Waals surface area contributed by atoms with Gasteiger partial charge in [-0.25, -0.2) is 4.68 Å². The summed E-state index contributed by atoms with van der Waals surface area (Å²) in [6, 6.07) is 14.1. The van der Waals surface area contributed by atoms with Crippen molar-refractivity contribution in [2.45, 2.75) is 0 Å². The highest BCUT2D eigenvalue weighted by atomic mass is 32.1. The van der Waals surface area contributed by atoms with Gasteiger partial charge in [-0.2, -0.15) is 5.10 Å². The van der Waals surface area contributed by atoms with Crippen LogP contribution in [0.5, 0.6) is 0 Å². The second-order valence-electron chi connectivity index (χ2n) is 6.81. The third-order valence-electron chi connectivity index (χ3n) is 4.85. The average Bonchev–Trinajstić information content (AvgIpc) is 3.37. The maximum atomic E-state index is 12.6. The molecule has 1 fully saturated rings. The summed E-state index contributed by atoms with van der Waals surface area (Å²) in [5.41, 5.74) is 2.86. The number of likely N-dealkylation sites (N-methyl/N-ethyl adjacent to an activating group) is 1. The first kappa shape index (κ1) is 17.7. The SMILES string of the molecule is C[NH+]1CCN(C(=O)/C=C/c2cn(-c3ccccc3)nc2-c2cccs2)CC1. The number of hydrogen-bond acceptors (Lipinski definition) is 3. The first-order valence-corrected chi connectivity index (χ1v) is 10.1. The molecule has 3 heterocycles. The second-order valence-corrected chi connectivity index (χ2v) is 7.75. The van der Waals surface area contributed by atoms with Gasteiger partial charge in [-0.1, -0.05) is 24.3 Å². The zero-order valence-corrected chi connectivity index (χ0v) is 16.2. The number of aromatic nitrogens is 2. The Labute approximate surface area is 163 Å². The average molecular weight is 380 g/mol. The van der Waals surface area contributed by atoms with E-state index < -0.39 is 0 Å². The quantitative estimate of drug-likeness (QED) is 0.705. The Kier molecular flexibility index (Phi) is 5.18. The monoisotopic (exact) mass is 379 g/mol. The van der Waals surface area contributed by atoms with E-state index in [9.17, 15) is 4.79 Å². The Morgan fingerprint density at radius 3 is 2.63 bits per heavy atom. The van der Waals surface area contributed by atoms with E-state index in [0.29, 0.717) is 0 Å². The highest BCUT2D eigenvalue weighted by Crippen LogP contribution is 2.28. The smallest absolute Gasteiger partial charge is 0.246 e. The predicted molar refractivity (Wildman–Crippen MR) is 109 cm³/mol. The summed E-state index contributed by atoms with van der Waals surface area (Å²) in [7, 11) is 2.17. The summed E-state index contributed by atoms with van der Waals surface area (Å²) in [5, 5.41) is 6.81. The lowest BCUT2D eigenvalue weighted by molar-refractivity contribution is -0.883. The zero-order chi connectivity index (χ0) is 18.6. The number of carbonyl (C=O) groups is 1. The summed E-state index contributed by atoms with van der Waals surface area (Å²) in [6.45, 7) is 3.64. The molecular formula is C21H23N4OS+. The molecule has 1 saturated heterocycles. The van der Waals surface area contributed by atoms with E-state index in [1.54, 1.807) is 17.4 Å². The number of rotatable bonds is 4. The molecule has 1 aliphatic rings. The van der Waals surface area contributed by atoms with Crippen LogP contribution in [0.3, 0.4) is 0 Å². The van der Waals surface area contributed by atoms with Gasteiger partial charge in [-0.05, 0) is 29.7 Å². The summed E-state index contributed by atoms with van der Waals surface area (Å²) >= 11 is 1.65. The van der Waals surface area contributed by atoms with Crippen molar-refractivity contribution in [3.63, 3.8) is 0 Å². The first-order valence-electron chi connectivity index (χ1n) is 9.18. The molecule has 2 aromatic heterocycles. The van der Waals surface area contributed by atoms with Gasteiger partial charge in [0.15, 0.2) is 0 Å². The van der Waals surface area contributed by atoms with E-state index in [1.807, 2.05) is 63.6 Å². The van der Waals surface area contributed by atoms with Crippen LogP contribution in [0.15, 0.2) is 60.1 Å². The van der Waals surface area contributed by atoms with Gasteiger partial charge in [0.05, 0.1) is 43.8 Å². The summed E-state index contributed by atoms with van der Waals surface area (Å²) in [4.78, 5) is 17.1. The number of piperazine rings is 1. The molecule has 0 bridgehead atoms. The molecule has 1 amide bonds. The van der Waals surface area contributed by atoms with Gasteiger partial charge in [0.1, 0.15) is 5.69 Å². The molecule has 6 heteroatoms. The minimum atomic E-state index is 0.0760. The normalized spacial score (nSPS) is 15.5. The Morgan fingerprint density at radius 2 is 1.93 bits per heavy atom. The van der Waals surface area contributed by atoms with Crippen LogP contribution in [0.1, 0.15) is 5.56 Å². The van der Waals surface area contributed by atoms with E-state index in [0.717, 1.165) is 48.0 Å². The van der Waals surface area contributed by atoms with Crippen LogP contribution in [0.25, 0.3) is 22.3 Å². The highest BCUT2D eigenvalue weighted by Gasteiger charge is 2.19. The lowest BCUT2D eigenvalue weighted by Gasteiger charge is -2.29. The van der Waals surface area contributed by atoms with E-state index in [1.165, 1.54) is 4.90 Å². The van der Waals surface area contributed by atoms with Crippen LogP contribution >= 0.6 is 11.3 Å². The van der Waals surface area contributed by atoms with Crippen LogP contribution < -0.4 is 4.90 Å². The van der Waals surface area contributed by atoms with Crippen molar-refractivity contribution in [1.82, 2.24) is 14.7 Å². The fourth-order valence-corrected chi connectivity index (χ4v) is 3.93. The molecule has 0 unspecified atom stereocenters. The van der Waals surface area contributed by atoms with Crippen molar-refractivity contribution in [1.29, 1.82) is 0 Å². The fourth-order valence-electron chi connectivity index (χ4n) is 3.20. The Balaban J connectivity index is 1.61. The summed E-state index contributed by atoms with van der Waals surface area (Å²) in [5.74, 6) is 0.0760. The van der Waals surface area contributed by atoms with E-state index in [-0.39, 0.29) is 5.91 Å². The van der Waals surface area contributed by atoms with Gasteiger partial charge < -0.3 is 9.80 Å². The zero-order valence-electron chi connectivity index (χ0n) is 15.3. The van der Waals surface area contributed by atoms with Crippen molar-refractivity contribution < 1.29 is 9.69 Å². The third-order valence-corrected chi connectivity index (χ3v) is 5.73. The molecular weight excluding hydrogens is 356 g/mol. The van der Waals surface area contributed by atoms with E-state index >= 15 is 0 Å². The van der Waals surface area contributed by atoms with E-state index in [2.05, 4.69) is 13.1 Å². The molecule has 0 saturated carbocycles. The maximum absolute atomic E-state index is 12.6. The van der Waals surface area contributed by atoms with Crippen LogP contribution in [0.4, 0.5) is 0 Å². The van der Waals surface area contributed by atoms with Crippen LogP contribution in [-0.4, -0.2) is 53.8 Å². The van der Waals surface area contributed by atoms with Crippen molar-refractivity contribution in [2.75, 3.05) is 33.2 Å². The molecule has 0 aliphatic carbocycles. The molecule has 5 nitrogen and oxygen atoms in total. The highest BCUT2D eigenvalue weighted by molar-refractivity contribution is 7.13. The first-order chi connectivity index (χ1) is 13.2. The van der Waals surface area contributed by atoms with Gasteiger partial charge in [0.2, 0.25) is 5.91 Å². The van der Waals surface area contributed by atoms with E-state index in [4.69, 9.17) is 5.10 Å². The van der Waals surface area contributed by atoms with Crippen molar-refractivity contribution >= 4 is 23.3 Å². The number of quaternary nitrogens is 1.